The van der Waals surface area contributed by atoms with E-state index in [1.165, 1.54) is 24.1 Å². The summed E-state index contributed by atoms with van der Waals surface area (Å²) in [7, 11) is 1.97. The van der Waals surface area contributed by atoms with Gasteiger partial charge in [-0.3, -0.25) is 4.68 Å². The number of hydrogen-bond acceptors (Lipinski definition) is 3. The highest BCUT2D eigenvalue weighted by Crippen LogP contribution is 2.32. The Balaban J connectivity index is 1.96. The van der Waals surface area contributed by atoms with Crippen molar-refractivity contribution in [1.29, 1.82) is 0 Å². The van der Waals surface area contributed by atoms with E-state index in [-0.39, 0.29) is 12.1 Å². The molecule has 4 heteroatoms. The van der Waals surface area contributed by atoms with Gasteiger partial charge in [0, 0.05) is 30.9 Å². The summed E-state index contributed by atoms with van der Waals surface area (Å²) in [4.78, 5) is 0. The zero-order valence-corrected chi connectivity index (χ0v) is 11.2. The number of aryl methyl sites for hydroxylation is 2. The Morgan fingerprint density at radius 2 is 2.12 bits per heavy atom. The van der Waals surface area contributed by atoms with Crippen molar-refractivity contribution in [2.24, 2.45) is 13.0 Å². The molecule has 0 bridgehead atoms. The normalized spacial score (nSPS) is 19.4. The molecule has 17 heavy (non-hydrogen) atoms. The predicted molar refractivity (Wildman–Crippen MR) is 67.8 cm³/mol. The first-order valence-corrected chi connectivity index (χ1v) is 6.42. The molecule has 2 atom stereocenters. The first kappa shape index (κ1) is 12.6. The minimum atomic E-state index is -0.185. The molecule has 0 amide bonds. The summed E-state index contributed by atoms with van der Waals surface area (Å²) in [5.74, 6) is 0.533. The fourth-order valence-corrected chi connectivity index (χ4v) is 2.46. The lowest BCUT2D eigenvalue weighted by Gasteiger charge is -2.17. The van der Waals surface area contributed by atoms with E-state index in [0.717, 1.165) is 5.69 Å². The Hall–Kier alpha value is -0.870. The number of nitrogens with one attached hydrogen (secondary N) is 1. The summed E-state index contributed by atoms with van der Waals surface area (Å²) in [6.45, 7) is 6.94. The maximum atomic E-state index is 9.85. The Labute approximate surface area is 103 Å². The van der Waals surface area contributed by atoms with Crippen molar-refractivity contribution in [3.05, 3.63) is 17.0 Å². The lowest BCUT2D eigenvalue weighted by atomic mass is 10.1. The summed E-state index contributed by atoms with van der Waals surface area (Å²) < 4.78 is 1.92. The van der Waals surface area contributed by atoms with Gasteiger partial charge in [-0.15, -0.1) is 0 Å². The van der Waals surface area contributed by atoms with E-state index in [1.807, 2.05) is 18.7 Å². The largest absolute Gasteiger partial charge is 0.392 e. The summed E-state index contributed by atoms with van der Waals surface area (Å²) in [6.07, 6.45) is 2.18. The van der Waals surface area contributed by atoms with Crippen LogP contribution in [0.25, 0.3) is 0 Å². The van der Waals surface area contributed by atoms with Gasteiger partial charge in [-0.1, -0.05) is 0 Å². The molecule has 1 saturated carbocycles. The summed E-state index contributed by atoms with van der Waals surface area (Å²) in [6, 6.07) is 0.247. The second-order valence-electron chi connectivity index (χ2n) is 5.24. The van der Waals surface area contributed by atoms with Crippen LogP contribution in [0.5, 0.6) is 0 Å². The average molecular weight is 237 g/mol. The first-order valence-electron chi connectivity index (χ1n) is 6.42. The minimum absolute atomic E-state index is 0.185. The monoisotopic (exact) mass is 237 g/mol. The second-order valence-corrected chi connectivity index (χ2v) is 5.24. The van der Waals surface area contributed by atoms with Crippen molar-refractivity contribution >= 4 is 0 Å². The lowest BCUT2D eigenvalue weighted by Crippen LogP contribution is -2.30. The summed E-state index contributed by atoms with van der Waals surface area (Å²) in [5, 5.41) is 17.7. The zero-order valence-electron chi connectivity index (χ0n) is 11.2. The Morgan fingerprint density at radius 3 is 2.59 bits per heavy atom. The molecule has 0 aromatic carbocycles. The molecule has 1 heterocycles. The molecule has 0 spiro atoms. The number of aromatic nitrogens is 2. The van der Waals surface area contributed by atoms with Crippen LogP contribution in [-0.4, -0.2) is 27.5 Å². The fraction of sp³-hybridized carbons (Fsp3) is 0.769. The summed E-state index contributed by atoms with van der Waals surface area (Å²) >= 11 is 0. The third-order valence-electron chi connectivity index (χ3n) is 3.80. The van der Waals surface area contributed by atoms with Crippen LogP contribution in [0.3, 0.4) is 0 Å². The van der Waals surface area contributed by atoms with Crippen LogP contribution in [0, 0.1) is 19.8 Å². The minimum Gasteiger partial charge on any atom is -0.392 e. The molecule has 2 unspecified atom stereocenters. The highest BCUT2D eigenvalue weighted by atomic mass is 16.3. The van der Waals surface area contributed by atoms with Crippen LogP contribution < -0.4 is 5.32 Å². The molecule has 1 aromatic heterocycles. The first-order chi connectivity index (χ1) is 8.00. The number of hydrogen-bond donors (Lipinski definition) is 2. The standard InChI is InChI=1S/C13H23N3O/c1-8(14-7-12(17)11-5-6-11)13-9(2)15-16(4)10(13)3/h8,11-12,14,17H,5-7H2,1-4H3. The van der Waals surface area contributed by atoms with E-state index in [4.69, 9.17) is 0 Å². The van der Waals surface area contributed by atoms with Gasteiger partial charge in [0.05, 0.1) is 11.8 Å². The van der Waals surface area contributed by atoms with Crippen molar-refractivity contribution in [3.63, 3.8) is 0 Å². The molecule has 1 aliphatic rings. The molecule has 2 N–H and O–H groups in total. The molecule has 0 radical (unpaired) electrons. The molecular formula is C13H23N3O. The Morgan fingerprint density at radius 1 is 1.47 bits per heavy atom. The third kappa shape index (κ3) is 2.69. The highest BCUT2D eigenvalue weighted by Gasteiger charge is 2.29. The van der Waals surface area contributed by atoms with Crippen LogP contribution in [0.4, 0.5) is 0 Å². The molecule has 4 nitrogen and oxygen atoms in total. The smallest absolute Gasteiger partial charge is 0.0692 e. The molecule has 1 fully saturated rings. The van der Waals surface area contributed by atoms with E-state index in [0.29, 0.717) is 12.5 Å². The van der Waals surface area contributed by atoms with Gasteiger partial charge in [0.15, 0.2) is 0 Å². The maximum absolute atomic E-state index is 9.85. The van der Waals surface area contributed by atoms with E-state index in [1.54, 1.807) is 0 Å². The van der Waals surface area contributed by atoms with Gasteiger partial charge < -0.3 is 10.4 Å². The number of aliphatic hydroxyl groups excluding tert-OH is 1. The van der Waals surface area contributed by atoms with Gasteiger partial charge in [-0.05, 0) is 39.5 Å². The quantitative estimate of drug-likeness (QED) is 0.815. The van der Waals surface area contributed by atoms with E-state index in [9.17, 15) is 5.11 Å². The van der Waals surface area contributed by atoms with Crippen LogP contribution in [-0.2, 0) is 7.05 Å². The van der Waals surface area contributed by atoms with Crippen LogP contribution in [0.15, 0.2) is 0 Å². The summed E-state index contributed by atoms with van der Waals surface area (Å²) in [5.41, 5.74) is 3.53. The van der Waals surface area contributed by atoms with Crippen molar-refractivity contribution in [3.8, 4) is 0 Å². The van der Waals surface area contributed by atoms with Gasteiger partial charge in [-0.25, -0.2) is 0 Å². The predicted octanol–water partition coefficient (Wildman–Crippen LogP) is 1.46. The zero-order chi connectivity index (χ0) is 12.6. The van der Waals surface area contributed by atoms with E-state index in [2.05, 4.69) is 24.3 Å². The van der Waals surface area contributed by atoms with Crippen molar-refractivity contribution in [2.75, 3.05) is 6.54 Å². The van der Waals surface area contributed by atoms with E-state index < -0.39 is 0 Å². The topological polar surface area (TPSA) is 50.1 Å². The molecule has 96 valence electrons. The number of nitrogens with zero attached hydrogens (tertiary/aromatic N) is 2. The molecule has 0 saturated heterocycles. The van der Waals surface area contributed by atoms with Gasteiger partial charge in [0.2, 0.25) is 0 Å². The number of rotatable bonds is 5. The second kappa shape index (κ2) is 4.78. The van der Waals surface area contributed by atoms with Crippen LogP contribution >= 0.6 is 0 Å². The van der Waals surface area contributed by atoms with Gasteiger partial charge in [0.1, 0.15) is 0 Å². The van der Waals surface area contributed by atoms with Crippen LogP contribution in [0.2, 0.25) is 0 Å². The molecule has 0 aliphatic heterocycles. The number of aliphatic hydroxyl groups is 1. The Kier molecular flexibility index (Phi) is 3.54. The SMILES string of the molecule is Cc1nn(C)c(C)c1C(C)NCC(O)C1CC1. The van der Waals surface area contributed by atoms with Crippen molar-refractivity contribution < 1.29 is 5.11 Å². The van der Waals surface area contributed by atoms with Crippen molar-refractivity contribution in [2.45, 2.75) is 45.8 Å². The van der Waals surface area contributed by atoms with E-state index >= 15 is 0 Å². The fourth-order valence-electron chi connectivity index (χ4n) is 2.46. The maximum Gasteiger partial charge on any atom is 0.0692 e. The molecular weight excluding hydrogens is 214 g/mol. The van der Waals surface area contributed by atoms with Crippen LogP contribution in [0.1, 0.15) is 42.8 Å². The lowest BCUT2D eigenvalue weighted by molar-refractivity contribution is 0.145. The molecule has 1 aromatic rings. The van der Waals surface area contributed by atoms with Gasteiger partial charge in [-0.2, -0.15) is 5.10 Å². The average Bonchev–Trinajstić information content (AvgIpc) is 3.06. The molecule has 1 aliphatic carbocycles. The van der Waals surface area contributed by atoms with Crippen molar-refractivity contribution in [1.82, 2.24) is 15.1 Å². The third-order valence-corrected chi connectivity index (χ3v) is 3.80. The van der Waals surface area contributed by atoms with Gasteiger partial charge >= 0.3 is 0 Å². The Bertz CT molecular complexity index is 396. The molecule has 2 rings (SSSR count). The highest BCUT2D eigenvalue weighted by molar-refractivity contribution is 5.27. The van der Waals surface area contributed by atoms with Gasteiger partial charge in [0.25, 0.3) is 0 Å².